The molecular formula is C16H22N4S. The molecule has 1 saturated heterocycles. The van der Waals surface area contributed by atoms with Gasteiger partial charge in [0.2, 0.25) is 5.13 Å². The van der Waals surface area contributed by atoms with E-state index in [1.807, 2.05) is 30.3 Å². The monoisotopic (exact) mass is 302 g/mol. The van der Waals surface area contributed by atoms with Crippen LogP contribution < -0.4 is 5.32 Å². The van der Waals surface area contributed by atoms with Crippen molar-refractivity contribution < 1.29 is 0 Å². The van der Waals surface area contributed by atoms with Crippen molar-refractivity contribution in [3.8, 4) is 11.4 Å². The summed E-state index contributed by atoms with van der Waals surface area (Å²) in [6.45, 7) is 4.53. The number of nitrogens with zero attached hydrogens (tertiary/aromatic N) is 3. The summed E-state index contributed by atoms with van der Waals surface area (Å²) >= 11 is 1.44. The normalized spacial score (nSPS) is 16.6. The maximum Gasteiger partial charge on any atom is 0.202 e. The lowest BCUT2D eigenvalue weighted by Gasteiger charge is -2.19. The number of likely N-dealkylation sites (tertiary alicyclic amines) is 1. The molecule has 3 rings (SSSR count). The molecule has 0 bridgehead atoms. The van der Waals surface area contributed by atoms with Crippen LogP contribution in [0.15, 0.2) is 30.3 Å². The molecule has 1 aliphatic heterocycles. The lowest BCUT2D eigenvalue weighted by Crippen LogP contribution is -2.29. The van der Waals surface area contributed by atoms with Gasteiger partial charge in [0.1, 0.15) is 0 Å². The van der Waals surface area contributed by atoms with Crippen molar-refractivity contribution >= 4 is 16.7 Å². The van der Waals surface area contributed by atoms with E-state index in [1.54, 1.807) is 0 Å². The van der Waals surface area contributed by atoms with Gasteiger partial charge in [-0.1, -0.05) is 43.2 Å². The van der Waals surface area contributed by atoms with Crippen molar-refractivity contribution in [1.29, 1.82) is 0 Å². The summed E-state index contributed by atoms with van der Waals surface area (Å²) in [7, 11) is 0. The van der Waals surface area contributed by atoms with Crippen molar-refractivity contribution in [2.45, 2.75) is 25.7 Å². The Bertz CT molecular complexity index is 532. The third-order valence-electron chi connectivity index (χ3n) is 3.86. The molecule has 2 heterocycles. The highest BCUT2D eigenvalue weighted by Crippen LogP contribution is 2.20. The van der Waals surface area contributed by atoms with Gasteiger partial charge in [-0.15, -0.1) is 0 Å². The van der Waals surface area contributed by atoms with Gasteiger partial charge in [-0.25, -0.2) is 0 Å². The van der Waals surface area contributed by atoms with E-state index < -0.39 is 0 Å². The molecule has 5 heteroatoms. The number of rotatable bonds is 5. The van der Waals surface area contributed by atoms with Gasteiger partial charge >= 0.3 is 0 Å². The Morgan fingerprint density at radius 3 is 2.57 bits per heavy atom. The third-order valence-corrected chi connectivity index (χ3v) is 4.53. The fraction of sp³-hybridized carbons (Fsp3) is 0.500. The van der Waals surface area contributed by atoms with Gasteiger partial charge in [-0.05, 0) is 25.9 Å². The average Bonchev–Trinajstić information content (AvgIpc) is 2.84. The van der Waals surface area contributed by atoms with E-state index in [4.69, 9.17) is 0 Å². The van der Waals surface area contributed by atoms with E-state index in [0.717, 1.165) is 29.6 Å². The average molecular weight is 302 g/mol. The van der Waals surface area contributed by atoms with Gasteiger partial charge in [0.15, 0.2) is 5.82 Å². The fourth-order valence-corrected chi connectivity index (χ4v) is 3.29. The van der Waals surface area contributed by atoms with Crippen LogP contribution in [0.2, 0.25) is 0 Å². The molecule has 0 spiro atoms. The van der Waals surface area contributed by atoms with Gasteiger partial charge in [-0.3, -0.25) is 0 Å². The second-order valence-electron chi connectivity index (χ2n) is 5.47. The molecular weight excluding hydrogens is 280 g/mol. The standard InChI is InChI=1S/C16H22N4S/c1-2-7-12-20(11-6-1)13-10-17-16-18-15(19-21-16)14-8-4-3-5-9-14/h3-5,8-9H,1-2,6-7,10-13H2,(H,17,18,19). The molecule has 0 unspecified atom stereocenters. The Labute approximate surface area is 130 Å². The topological polar surface area (TPSA) is 41.1 Å². The first-order valence-electron chi connectivity index (χ1n) is 7.77. The zero-order valence-corrected chi connectivity index (χ0v) is 13.1. The molecule has 1 aliphatic rings. The van der Waals surface area contributed by atoms with Crippen molar-refractivity contribution in [2.24, 2.45) is 0 Å². The molecule has 1 N–H and O–H groups in total. The minimum absolute atomic E-state index is 0.817. The molecule has 0 radical (unpaired) electrons. The molecule has 1 aromatic heterocycles. The first-order valence-corrected chi connectivity index (χ1v) is 8.54. The molecule has 0 amide bonds. The number of anilines is 1. The summed E-state index contributed by atoms with van der Waals surface area (Å²) in [4.78, 5) is 7.11. The maximum atomic E-state index is 4.56. The Morgan fingerprint density at radius 2 is 1.81 bits per heavy atom. The summed E-state index contributed by atoms with van der Waals surface area (Å²) in [5, 5.41) is 4.33. The third kappa shape index (κ3) is 4.25. The van der Waals surface area contributed by atoms with Crippen LogP contribution in [0.3, 0.4) is 0 Å². The van der Waals surface area contributed by atoms with Crippen molar-refractivity contribution in [3.05, 3.63) is 30.3 Å². The van der Waals surface area contributed by atoms with Crippen LogP contribution in [0.1, 0.15) is 25.7 Å². The van der Waals surface area contributed by atoms with Crippen LogP contribution in [-0.4, -0.2) is 40.4 Å². The Balaban J connectivity index is 1.48. The molecule has 1 aromatic carbocycles. The molecule has 1 fully saturated rings. The van der Waals surface area contributed by atoms with Gasteiger partial charge in [0.05, 0.1) is 0 Å². The molecule has 4 nitrogen and oxygen atoms in total. The molecule has 21 heavy (non-hydrogen) atoms. The highest BCUT2D eigenvalue weighted by molar-refractivity contribution is 7.09. The van der Waals surface area contributed by atoms with Gasteiger partial charge in [-0.2, -0.15) is 9.36 Å². The lowest BCUT2D eigenvalue weighted by molar-refractivity contribution is 0.296. The summed E-state index contributed by atoms with van der Waals surface area (Å²) in [5.74, 6) is 0.817. The second kappa shape index (κ2) is 7.52. The zero-order chi connectivity index (χ0) is 14.3. The SMILES string of the molecule is c1ccc(-c2nsc(NCCN3CCCCCC3)n2)cc1. The van der Waals surface area contributed by atoms with Crippen LogP contribution >= 0.6 is 11.5 Å². The van der Waals surface area contributed by atoms with Crippen molar-refractivity contribution in [3.63, 3.8) is 0 Å². The quantitative estimate of drug-likeness (QED) is 0.918. The minimum Gasteiger partial charge on any atom is -0.359 e. The van der Waals surface area contributed by atoms with Crippen LogP contribution in [0.5, 0.6) is 0 Å². The van der Waals surface area contributed by atoms with E-state index >= 15 is 0 Å². The van der Waals surface area contributed by atoms with Crippen molar-refractivity contribution in [1.82, 2.24) is 14.3 Å². The largest absolute Gasteiger partial charge is 0.359 e. The molecule has 2 aromatic rings. The lowest BCUT2D eigenvalue weighted by atomic mass is 10.2. The van der Waals surface area contributed by atoms with Gasteiger partial charge < -0.3 is 10.2 Å². The van der Waals surface area contributed by atoms with Gasteiger partial charge in [0, 0.05) is 30.2 Å². The summed E-state index contributed by atoms with van der Waals surface area (Å²) in [6, 6.07) is 10.1. The highest BCUT2D eigenvalue weighted by Gasteiger charge is 2.09. The summed E-state index contributed by atoms with van der Waals surface area (Å²) in [5.41, 5.74) is 1.08. The number of hydrogen-bond donors (Lipinski definition) is 1. The predicted molar refractivity (Wildman–Crippen MR) is 88.7 cm³/mol. The number of benzene rings is 1. The van der Waals surface area contributed by atoms with Crippen LogP contribution in [0.4, 0.5) is 5.13 Å². The van der Waals surface area contributed by atoms with E-state index in [-0.39, 0.29) is 0 Å². The molecule has 0 saturated carbocycles. The zero-order valence-electron chi connectivity index (χ0n) is 12.3. The summed E-state index contributed by atoms with van der Waals surface area (Å²) in [6.07, 6.45) is 5.47. The van der Waals surface area contributed by atoms with E-state index in [9.17, 15) is 0 Å². The molecule has 0 atom stereocenters. The minimum atomic E-state index is 0.817. The second-order valence-corrected chi connectivity index (χ2v) is 6.22. The van der Waals surface area contributed by atoms with Crippen LogP contribution in [-0.2, 0) is 0 Å². The smallest absolute Gasteiger partial charge is 0.202 e. The van der Waals surface area contributed by atoms with Crippen LogP contribution in [0.25, 0.3) is 11.4 Å². The number of nitrogens with one attached hydrogen (secondary N) is 1. The Kier molecular flexibility index (Phi) is 5.18. The highest BCUT2D eigenvalue weighted by atomic mass is 32.1. The van der Waals surface area contributed by atoms with Crippen molar-refractivity contribution in [2.75, 3.05) is 31.5 Å². The Hall–Kier alpha value is -1.46. The van der Waals surface area contributed by atoms with E-state index in [1.165, 1.54) is 50.3 Å². The first kappa shape index (κ1) is 14.5. The summed E-state index contributed by atoms with van der Waals surface area (Å²) < 4.78 is 4.42. The predicted octanol–water partition coefficient (Wildman–Crippen LogP) is 3.49. The number of hydrogen-bond acceptors (Lipinski definition) is 5. The number of aromatic nitrogens is 2. The Morgan fingerprint density at radius 1 is 1.05 bits per heavy atom. The van der Waals surface area contributed by atoms with Crippen LogP contribution in [0, 0.1) is 0 Å². The van der Waals surface area contributed by atoms with Gasteiger partial charge in [0.25, 0.3) is 0 Å². The maximum absolute atomic E-state index is 4.56. The first-order chi connectivity index (χ1) is 10.4. The molecule has 0 aliphatic carbocycles. The fourth-order valence-electron chi connectivity index (χ4n) is 2.68. The van der Waals surface area contributed by atoms with E-state index in [0.29, 0.717) is 0 Å². The molecule has 112 valence electrons. The van der Waals surface area contributed by atoms with E-state index in [2.05, 4.69) is 19.6 Å².